The maximum absolute atomic E-state index is 12.7. The Morgan fingerprint density at radius 3 is 2.19 bits per heavy atom. The van der Waals surface area contributed by atoms with Crippen molar-refractivity contribution in [1.29, 1.82) is 0 Å². The molecule has 0 amide bonds. The van der Waals surface area contributed by atoms with E-state index in [1.54, 1.807) is 32.9 Å². The van der Waals surface area contributed by atoms with Crippen LogP contribution in [0.25, 0.3) is 0 Å². The highest BCUT2D eigenvalue weighted by Gasteiger charge is 2.43. The fraction of sp³-hybridized carbons (Fsp3) is 0.636. The molecule has 0 saturated heterocycles. The molecule has 0 fully saturated rings. The maximum Gasteiger partial charge on any atom is 0.311 e. The number of halogens is 2. The molecule has 1 rings (SSSR count). The summed E-state index contributed by atoms with van der Waals surface area (Å²) in [6.07, 6.45) is -1.25. The molecule has 0 bridgehead atoms. The van der Waals surface area contributed by atoms with Crippen LogP contribution in [0.4, 0.5) is 0 Å². The number of carbonyl (C=O) groups excluding carboxylic acids is 2. The minimum atomic E-state index is -1.10. The molecule has 1 aromatic carbocycles. The first-order valence-corrected chi connectivity index (χ1v) is 12.4. The molecule has 0 radical (unpaired) electrons. The molecule has 182 valence electrons. The van der Waals surface area contributed by atoms with Gasteiger partial charge in [0.1, 0.15) is 25.9 Å². The second-order valence-electron chi connectivity index (χ2n) is 8.72. The molecule has 32 heavy (non-hydrogen) atoms. The lowest BCUT2D eigenvalue weighted by molar-refractivity contribution is -0.166. The first-order valence-electron chi connectivity index (χ1n) is 10.2. The quantitative estimate of drug-likeness (QED) is 0.227. The predicted molar refractivity (Wildman–Crippen MR) is 135 cm³/mol. The molecule has 0 saturated carbocycles. The van der Waals surface area contributed by atoms with E-state index in [1.807, 2.05) is 29.5 Å². The summed E-state index contributed by atoms with van der Waals surface area (Å²) in [5.74, 6) is -0.826. The van der Waals surface area contributed by atoms with Crippen LogP contribution in [0.3, 0.4) is 0 Å². The molecule has 3 unspecified atom stereocenters. The average molecular weight is 678 g/mol. The number of phenols is 1. The SMILES string of the molecule is CCC(C)(CC(C)(C)C(=O)OCC(O)COc1cc(I)cc(I)c1O)C(=O)OCC(C)O. The molecule has 10 heteroatoms. The number of rotatable bonds is 12. The summed E-state index contributed by atoms with van der Waals surface area (Å²) in [6.45, 7) is 7.82. The van der Waals surface area contributed by atoms with Crippen LogP contribution in [-0.2, 0) is 19.1 Å². The Bertz CT molecular complexity index is 796. The molecule has 3 atom stereocenters. The molecule has 0 aliphatic heterocycles. The van der Waals surface area contributed by atoms with E-state index in [0.29, 0.717) is 9.99 Å². The maximum atomic E-state index is 12.7. The molecule has 8 nitrogen and oxygen atoms in total. The second kappa shape index (κ2) is 12.6. The van der Waals surface area contributed by atoms with Crippen LogP contribution >= 0.6 is 45.2 Å². The monoisotopic (exact) mass is 678 g/mol. The highest BCUT2D eigenvalue weighted by molar-refractivity contribution is 14.1. The summed E-state index contributed by atoms with van der Waals surface area (Å²) < 4.78 is 17.4. The van der Waals surface area contributed by atoms with E-state index >= 15 is 0 Å². The number of aromatic hydroxyl groups is 1. The third kappa shape index (κ3) is 8.82. The fourth-order valence-electron chi connectivity index (χ4n) is 3.01. The molecule has 0 aliphatic carbocycles. The number of phenolic OH excluding ortho intramolecular Hbond substituents is 1. The Labute approximate surface area is 216 Å². The van der Waals surface area contributed by atoms with Crippen LogP contribution in [0.5, 0.6) is 11.5 Å². The van der Waals surface area contributed by atoms with Crippen molar-refractivity contribution < 1.29 is 39.1 Å². The molecule has 0 heterocycles. The van der Waals surface area contributed by atoms with Gasteiger partial charge in [-0.15, -0.1) is 0 Å². The minimum absolute atomic E-state index is 0.0160. The van der Waals surface area contributed by atoms with Gasteiger partial charge in [0.15, 0.2) is 11.5 Å². The van der Waals surface area contributed by atoms with Gasteiger partial charge in [-0.2, -0.15) is 0 Å². The van der Waals surface area contributed by atoms with Crippen molar-refractivity contribution in [1.82, 2.24) is 0 Å². The lowest BCUT2D eigenvalue weighted by Crippen LogP contribution is -2.40. The Hall–Kier alpha value is -0.860. The molecule has 0 spiro atoms. The van der Waals surface area contributed by atoms with Crippen molar-refractivity contribution in [3.05, 3.63) is 19.3 Å². The van der Waals surface area contributed by atoms with Gasteiger partial charge in [-0.05, 0) is 97.9 Å². The number of aliphatic hydroxyl groups excluding tert-OH is 2. The van der Waals surface area contributed by atoms with Gasteiger partial charge in [0.2, 0.25) is 0 Å². The van der Waals surface area contributed by atoms with Crippen molar-refractivity contribution in [3.8, 4) is 11.5 Å². The average Bonchev–Trinajstić information content (AvgIpc) is 2.70. The number of hydrogen-bond acceptors (Lipinski definition) is 8. The Kier molecular flexibility index (Phi) is 11.5. The third-order valence-corrected chi connectivity index (χ3v) is 6.39. The topological polar surface area (TPSA) is 123 Å². The van der Waals surface area contributed by atoms with Crippen LogP contribution < -0.4 is 4.74 Å². The van der Waals surface area contributed by atoms with Crippen LogP contribution in [0.15, 0.2) is 12.1 Å². The number of hydrogen-bond donors (Lipinski definition) is 3. The van der Waals surface area contributed by atoms with Gasteiger partial charge in [-0.25, -0.2) is 0 Å². The standard InChI is InChI=1S/C22H32I2O8/c1-6-22(5,20(29)31-9-13(2)25)12-21(3,4)19(28)32-11-15(26)10-30-17-8-14(23)7-16(24)18(17)27/h7-8,13,15,25-27H,6,9-12H2,1-5H3. The molecule has 1 aromatic rings. The zero-order valence-corrected chi connectivity index (χ0v) is 23.3. The lowest BCUT2D eigenvalue weighted by atomic mass is 9.72. The van der Waals surface area contributed by atoms with E-state index in [1.165, 1.54) is 6.92 Å². The van der Waals surface area contributed by atoms with E-state index < -0.39 is 35.0 Å². The van der Waals surface area contributed by atoms with E-state index in [-0.39, 0.29) is 37.7 Å². The molecule has 0 aliphatic rings. The second-order valence-corrected chi connectivity index (χ2v) is 11.1. The zero-order chi connectivity index (χ0) is 24.7. The van der Waals surface area contributed by atoms with Crippen LogP contribution in [0, 0.1) is 18.0 Å². The highest BCUT2D eigenvalue weighted by Crippen LogP contribution is 2.38. The predicted octanol–water partition coefficient (Wildman–Crippen LogP) is 3.64. The van der Waals surface area contributed by atoms with E-state index in [2.05, 4.69) is 22.6 Å². The Morgan fingerprint density at radius 1 is 1.03 bits per heavy atom. The van der Waals surface area contributed by atoms with Crippen LogP contribution in [0.2, 0.25) is 0 Å². The summed E-state index contributed by atoms with van der Waals surface area (Å²) >= 11 is 4.07. The fourth-order valence-corrected chi connectivity index (χ4v) is 4.80. The van der Waals surface area contributed by atoms with Crippen LogP contribution in [0.1, 0.15) is 47.5 Å². The Balaban J connectivity index is 2.65. The van der Waals surface area contributed by atoms with Gasteiger partial charge < -0.3 is 29.5 Å². The number of benzene rings is 1. The highest BCUT2D eigenvalue weighted by atomic mass is 127. The normalized spacial score (nSPS) is 15.4. The largest absolute Gasteiger partial charge is 0.504 e. The summed E-state index contributed by atoms with van der Waals surface area (Å²) in [6, 6.07) is 3.43. The number of aliphatic hydroxyl groups is 2. The van der Waals surface area contributed by atoms with E-state index in [4.69, 9.17) is 14.2 Å². The van der Waals surface area contributed by atoms with Gasteiger partial charge in [-0.1, -0.05) is 6.92 Å². The number of ether oxygens (including phenoxy) is 3. The van der Waals surface area contributed by atoms with Crippen molar-refractivity contribution >= 4 is 57.1 Å². The summed E-state index contributed by atoms with van der Waals surface area (Å²) in [7, 11) is 0. The van der Waals surface area contributed by atoms with Gasteiger partial charge in [0, 0.05) is 3.57 Å². The number of esters is 2. The van der Waals surface area contributed by atoms with Gasteiger partial charge in [0.25, 0.3) is 0 Å². The summed E-state index contributed by atoms with van der Waals surface area (Å²) in [4.78, 5) is 25.2. The molecule has 3 N–H and O–H groups in total. The third-order valence-electron chi connectivity index (χ3n) is 4.94. The van der Waals surface area contributed by atoms with Crippen molar-refractivity contribution in [2.45, 2.75) is 59.7 Å². The lowest BCUT2D eigenvalue weighted by Gasteiger charge is -2.34. The van der Waals surface area contributed by atoms with Crippen LogP contribution in [-0.4, -0.2) is 59.3 Å². The zero-order valence-electron chi connectivity index (χ0n) is 19.0. The molecular formula is C22H32I2O8. The summed E-state index contributed by atoms with van der Waals surface area (Å²) in [5, 5.41) is 29.5. The molecule has 0 aromatic heterocycles. The van der Waals surface area contributed by atoms with Crippen molar-refractivity contribution in [2.24, 2.45) is 10.8 Å². The Morgan fingerprint density at radius 2 is 1.62 bits per heavy atom. The van der Waals surface area contributed by atoms with Crippen molar-refractivity contribution in [3.63, 3.8) is 0 Å². The van der Waals surface area contributed by atoms with Gasteiger partial charge >= 0.3 is 11.9 Å². The van der Waals surface area contributed by atoms with Crippen molar-refractivity contribution in [2.75, 3.05) is 19.8 Å². The first-order chi connectivity index (χ1) is 14.7. The smallest absolute Gasteiger partial charge is 0.311 e. The molecular weight excluding hydrogens is 646 g/mol. The van der Waals surface area contributed by atoms with E-state index in [9.17, 15) is 24.9 Å². The first kappa shape index (κ1) is 29.2. The van der Waals surface area contributed by atoms with Gasteiger partial charge in [-0.3, -0.25) is 9.59 Å². The number of carbonyl (C=O) groups is 2. The summed E-state index contributed by atoms with van der Waals surface area (Å²) in [5.41, 5.74) is -1.95. The van der Waals surface area contributed by atoms with E-state index in [0.717, 1.165) is 3.57 Å². The minimum Gasteiger partial charge on any atom is -0.504 e. The van der Waals surface area contributed by atoms with Gasteiger partial charge in [0.05, 0.1) is 20.5 Å².